The van der Waals surface area contributed by atoms with E-state index < -0.39 is 12.1 Å². The Kier molecular flexibility index (Phi) is 3.94. The summed E-state index contributed by atoms with van der Waals surface area (Å²) in [5, 5.41) is 9.24. The van der Waals surface area contributed by atoms with Gasteiger partial charge in [-0.25, -0.2) is 4.79 Å². The first-order chi connectivity index (χ1) is 7.02. The topological polar surface area (TPSA) is 72.5 Å². The normalized spacial score (nSPS) is 12.2. The van der Waals surface area contributed by atoms with Gasteiger partial charge in [0, 0.05) is 0 Å². The number of hydrogen-bond donors (Lipinski definition) is 2. The predicted molar refractivity (Wildman–Crippen MR) is 57.8 cm³/mol. The van der Waals surface area contributed by atoms with Crippen molar-refractivity contribution in [3.63, 3.8) is 0 Å². The van der Waals surface area contributed by atoms with Crippen LogP contribution in [0.2, 0.25) is 5.02 Å². The number of aliphatic hydroxyl groups excluding tert-OH is 1. The Labute approximate surface area is 92.6 Å². The lowest BCUT2D eigenvalue weighted by molar-refractivity contribution is 0.0297. The van der Waals surface area contributed by atoms with Crippen molar-refractivity contribution in [2.75, 3.05) is 12.3 Å². The van der Waals surface area contributed by atoms with Gasteiger partial charge in [0.05, 0.1) is 22.4 Å². The number of nitrogens with two attached hydrogens (primary N) is 1. The van der Waals surface area contributed by atoms with Crippen LogP contribution in [0.1, 0.15) is 17.3 Å². The highest BCUT2D eigenvalue weighted by Gasteiger charge is 2.13. The van der Waals surface area contributed by atoms with Gasteiger partial charge >= 0.3 is 5.97 Å². The summed E-state index contributed by atoms with van der Waals surface area (Å²) in [4.78, 5) is 11.5. The van der Waals surface area contributed by atoms with Crippen molar-refractivity contribution in [1.29, 1.82) is 0 Å². The fourth-order valence-corrected chi connectivity index (χ4v) is 1.16. The third-order valence-electron chi connectivity index (χ3n) is 1.73. The molecule has 4 nitrogen and oxygen atoms in total. The van der Waals surface area contributed by atoms with Gasteiger partial charge in [0.1, 0.15) is 6.61 Å². The van der Waals surface area contributed by atoms with E-state index in [-0.39, 0.29) is 17.9 Å². The summed E-state index contributed by atoms with van der Waals surface area (Å²) >= 11 is 5.74. The molecule has 0 spiro atoms. The Hall–Kier alpha value is -1.26. The van der Waals surface area contributed by atoms with E-state index in [1.807, 2.05) is 0 Å². The van der Waals surface area contributed by atoms with E-state index in [0.717, 1.165) is 0 Å². The van der Waals surface area contributed by atoms with Crippen molar-refractivity contribution < 1.29 is 14.6 Å². The summed E-state index contributed by atoms with van der Waals surface area (Å²) in [6.07, 6.45) is -0.700. The minimum Gasteiger partial charge on any atom is -0.459 e. The average molecular weight is 230 g/mol. The number of hydrogen-bond acceptors (Lipinski definition) is 4. The number of carbonyl (C=O) groups excluding carboxylic acids is 1. The minimum atomic E-state index is -0.700. The second-order valence-electron chi connectivity index (χ2n) is 3.15. The summed E-state index contributed by atoms with van der Waals surface area (Å²) < 4.78 is 4.80. The van der Waals surface area contributed by atoms with Crippen molar-refractivity contribution in [1.82, 2.24) is 0 Å². The van der Waals surface area contributed by atoms with E-state index in [9.17, 15) is 4.79 Å². The van der Waals surface area contributed by atoms with Crippen LogP contribution in [0.4, 0.5) is 5.69 Å². The molecule has 82 valence electrons. The molecule has 0 bridgehead atoms. The fourth-order valence-electron chi connectivity index (χ4n) is 0.989. The van der Waals surface area contributed by atoms with Crippen LogP contribution in [0.25, 0.3) is 0 Å². The molecule has 1 atom stereocenters. The molecule has 0 aliphatic heterocycles. The number of para-hydroxylation sites is 1. The first kappa shape index (κ1) is 11.8. The van der Waals surface area contributed by atoms with Crippen LogP contribution < -0.4 is 5.73 Å². The van der Waals surface area contributed by atoms with E-state index in [2.05, 4.69) is 0 Å². The van der Waals surface area contributed by atoms with Gasteiger partial charge in [-0.1, -0.05) is 17.7 Å². The molecule has 0 aliphatic carbocycles. The number of rotatable bonds is 3. The predicted octanol–water partition coefficient (Wildman–Crippen LogP) is 1.46. The fraction of sp³-hybridized carbons (Fsp3) is 0.300. The number of halogens is 1. The molecular formula is C10H12ClNO3. The second-order valence-corrected chi connectivity index (χ2v) is 3.56. The zero-order chi connectivity index (χ0) is 11.4. The number of benzene rings is 1. The second kappa shape index (κ2) is 5.00. The number of aliphatic hydroxyl groups is 1. The van der Waals surface area contributed by atoms with Crippen molar-refractivity contribution in [2.45, 2.75) is 13.0 Å². The highest BCUT2D eigenvalue weighted by molar-refractivity contribution is 6.33. The van der Waals surface area contributed by atoms with Crippen LogP contribution in [0, 0.1) is 0 Å². The zero-order valence-corrected chi connectivity index (χ0v) is 8.99. The smallest absolute Gasteiger partial charge is 0.340 e. The van der Waals surface area contributed by atoms with Gasteiger partial charge in [0.25, 0.3) is 0 Å². The van der Waals surface area contributed by atoms with E-state index in [1.54, 1.807) is 12.1 Å². The first-order valence-electron chi connectivity index (χ1n) is 4.41. The molecule has 1 unspecified atom stereocenters. The molecule has 0 aromatic heterocycles. The van der Waals surface area contributed by atoms with Crippen molar-refractivity contribution in [3.8, 4) is 0 Å². The van der Waals surface area contributed by atoms with Gasteiger partial charge < -0.3 is 15.6 Å². The molecule has 5 heteroatoms. The highest BCUT2D eigenvalue weighted by Crippen LogP contribution is 2.22. The van der Waals surface area contributed by atoms with Crippen molar-refractivity contribution in [2.24, 2.45) is 0 Å². The van der Waals surface area contributed by atoms with Gasteiger partial charge in [-0.05, 0) is 19.1 Å². The van der Waals surface area contributed by atoms with Crippen LogP contribution in [-0.4, -0.2) is 23.8 Å². The van der Waals surface area contributed by atoms with Gasteiger partial charge in [-0.2, -0.15) is 0 Å². The Balaban J connectivity index is 2.78. The van der Waals surface area contributed by atoms with Crippen LogP contribution in [0.15, 0.2) is 18.2 Å². The summed E-state index contributed by atoms with van der Waals surface area (Å²) in [6.45, 7) is 1.46. The summed E-state index contributed by atoms with van der Waals surface area (Å²) in [7, 11) is 0. The molecule has 0 saturated heterocycles. The van der Waals surface area contributed by atoms with E-state index in [0.29, 0.717) is 5.02 Å². The maximum absolute atomic E-state index is 11.5. The van der Waals surface area contributed by atoms with Crippen molar-refractivity contribution in [3.05, 3.63) is 28.8 Å². The molecule has 3 N–H and O–H groups in total. The summed E-state index contributed by atoms with van der Waals surface area (Å²) in [5.41, 5.74) is 6.00. The molecule has 0 radical (unpaired) electrons. The van der Waals surface area contributed by atoms with Crippen LogP contribution in [0.5, 0.6) is 0 Å². The molecular weight excluding hydrogens is 218 g/mol. The highest BCUT2D eigenvalue weighted by atomic mass is 35.5. The van der Waals surface area contributed by atoms with Crippen LogP contribution >= 0.6 is 11.6 Å². The van der Waals surface area contributed by atoms with E-state index >= 15 is 0 Å². The SMILES string of the molecule is CC(O)COC(=O)c1cccc(Cl)c1N. The number of ether oxygens (including phenoxy) is 1. The number of anilines is 1. The monoisotopic (exact) mass is 229 g/mol. The van der Waals surface area contributed by atoms with Crippen LogP contribution in [0.3, 0.4) is 0 Å². The maximum atomic E-state index is 11.5. The summed E-state index contributed by atoms with van der Waals surface area (Å²) in [5.74, 6) is -0.587. The number of nitrogen functional groups attached to an aromatic ring is 1. The van der Waals surface area contributed by atoms with Gasteiger partial charge in [0.15, 0.2) is 0 Å². The standard InChI is InChI=1S/C10H12ClNO3/c1-6(13)5-15-10(14)7-3-2-4-8(11)9(7)12/h2-4,6,13H,5,12H2,1H3. The molecule has 1 aromatic rings. The van der Waals surface area contributed by atoms with E-state index in [4.69, 9.17) is 27.2 Å². The molecule has 1 rings (SSSR count). The Morgan fingerprint density at radius 2 is 2.33 bits per heavy atom. The lowest BCUT2D eigenvalue weighted by Gasteiger charge is -2.08. The molecule has 0 fully saturated rings. The molecule has 0 heterocycles. The third-order valence-corrected chi connectivity index (χ3v) is 2.06. The summed E-state index contributed by atoms with van der Waals surface area (Å²) in [6, 6.07) is 4.71. The Bertz CT molecular complexity index is 366. The maximum Gasteiger partial charge on any atom is 0.340 e. The molecule has 1 aromatic carbocycles. The average Bonchev–Trinajstić information content (AvgIpc) is 2.18. The molecule has 15 heavy (non-hydrogen) atoms. The van der Waals surface area contributed by atoms with Gasteiger partial charge in [-0.3, -0.25) is 0 Å². The zero-order valence-electron chi connectivity index (χ0n) is 8.24. The number of carbonyl (C=O) groups is 1. The molecule has 0 amide bonds. The Morgan fingerprint density at radius 3 is 2.93 bits per heavy atom. The van der Waals surface area contributed by atoms with Crippen molar-refractivity contribution >= 4 is 23.3 Å². The lowest BCUT2D eigenvalue weighted by atomic mass is 10.2. The lowest BCUT2D eigenvalue weighted by Crippen LogP contribution is -2.16. The molecule has 0 aliphatic rings. The van der Waals surface area contributed by atoms with Gasteiger partial charge in [-0.15, -0.1) is 0 Å². The van der Waals surface area contributed by atoms with Gasteiger partial charge in [0.2, 0.25) is 0 Å². The third kappa shape index (κ3) is 3.11. The largest absolute Gasteiger partial charge is 0.459 e. The van der Waals surface area contributed by atoms with E-state index in [1.165, 1.54) is 13.0 Å². The quantitative estimate of drug-likeness (QED) is 0.608. The molecule has 0 saturated carbocycles. The van der Waals surface area contributed by atoms with Crippen LogP contribution in [-0.2, 0) is 4.74 Å². The Morgan fingerprint density at radius 1 is 1.67 bits per heavy atom. The number of esters is 1. The first-order valence-corrected chi connectivity index (χ1v) is 4.79. The minimum absolute atomic E-state index is 0.0647.